The van der Waals surface area contributed by atoms with E-state index in [0.717, 1.165) is 0 Å². The van der Waals surface area contributed by atoms with Gasteiger partial charge in [0.1, 0.15) is 0 Å². The summed E-state index contributed by atoms with van der Waals surface area (Å²) in [6, 6.07) is 16.8. The van der Waals surface area contributed by atoms with Crippen LogP contribution >= 0.6 is 0 Å². The third-order valence-corrected chi connectivity index (χ3v) is 3.63. The van der Waals surface area contributed by atoms with E-state index in [1.54, 1.807) is 0 Å². The van der Waals surface area contributed by atoms with Crippen LogP contribution in [0.3, 0.4) is 0 Å². The van der Waals surface area contributed by atoms with Crippen LogP contribution in [0.1, 0.15) is 11.1 Å². The number of hydrogen-bond acceptors (Lipinski definition) is 0. The number of para-hydroxylation sites is 1. The summed E-state index contributed by atoms with van der Waals surface area (Å²) < 4.78 is 0. The van der Waals surface area contributed by atoms with Gasteiger partial charge in [0.15, 0.2) is 0 Å². The molecule has 2 aromatic carbocycles. The van der Waals surface area contributed by atoms with Crippen molar-refractivity contribution in [3.05, 3.63) is 72.1 Å². The molecule has 0 aliphatic rings. The van der Waals surface area contributed by atoms with E-state index < -0.39 is 0 Å². The maximum Gasteiger partial charge on any atom is 0.0456 e. The highest BCUT2D eigenvalue weighted by molar-refractivity contribution is 5.81. The first-order chi connectivity index (χ1) is 9.74. The van der Waals surface area contributed by atoms with Crippen LogP contribution in [0.25, 0.3) is 21.8 Å². The number of fused-ring (bicyclic) bond motifs is 2. The number of benzene rings is 2. The molecule has 0 unspecified atom stereocenters. The molecule has 0 saturated carbocycles. The second-order valence-electron chi connectivity index (χ2n) is 5.07. The van der Waals surface area contributed by atoms with Gasteiger partial charge in [0.25, 0.3) is 0 Å². The fraction of sp³-hybridized carbons (Fsp3) is 0.111. The van der Waals surface area contributed by atoms with Gasteiger partial charge in [-0.15, -0.1) is 0 Å². The number of H-pyrrole nitrogens is 2. The summed E-state index contributed by atoms with van der Waals surface area (Å²) in [4.78, 5) is 6.31. The number of aryl methyl sites for hydroxylation is 2. The maximum absolute atomic E-state index is 3.19. The third kappa shape index (κ3) is 2.45. The van der Waals surface area contributed by atoms with Gasteiger partial charge in [0.2, 0.25) is 0 Å². The molecule has 20 heavy (non-hydrogen) atoms. The van der Waals surface area contributed by atoms with Crippen LogP contribution in [0, 0.1) is 13.8 Å². The first-order valence-corrected chi connectivity index (χ1v) is 6.80. The van der Waals surface area contributed by atoms with E-state index in [-0.39, 0.29) is 0 Å². The van der Waals surface area contributed by atoms with Crippen molar-refractivity contribution in [1.29, 1.82) is 0 Å². The molecule has 4 aromatic rings. The molecular formula is C18H18N2. The molecular weight excluding hydrogens is 244 g/mol. The first-order valence-electron chi connectivity index (χ1n) is 6.80. The standard InChI is InChI=1S/C10H11N.C8H7N/c1-7-5-9-3-4-11-10(9)6-8(7)2;1-2-4-8-7(3-1)5-6-9-8/h3-6,11H,1-2H3;1-6,9H. The van der Waals surface area contributed by atoms with Crippen LogP contribution in [0.15, 0.2) is 60.9 Å². The van der Waals surface area contributed by atoms with Crippen LogP contribution in [0.5, 0.6) is 0 Å². The van der Waals surface area contributed by atoms with Crippen molar-refractivity contribution < 1.29 is 0 Å². The molecule has 0 fully saturated rings. The van der Waals surface area contributed by atoms with E-state index in [0.29, 0.717) is 0 Å². The highest BCUT2D eigenvalue weighted by Crippen LogP contribution is 2.17. The van der Waals surface area contributed by atoms with Crippen molar-refractivity contribution >= 4 is 21.8 Å². The molecule has 0 saturated heterocycles. The fourth-order valence-electron chi connectivity index (χ4n) is 2.32. The predicted molar refractivity (Wildman–Crippen MR) is 86.1 cm³/mol. The lowest BCUT2D eigenvalue weighted by atomic mass is 10.1. The van der Waals surface area contributed by atoms with Crippen LogP contribution in [0.4, 0.5) is 0 Å². The van der Waals surface area contributed by atoms with Crippen LogP contribution in [-0.2, 0) is 0 Å². The average molecular weight is 262 g/mol. The van der Waals surface area contributed by atoms with E-state index in [2.05, 4.69) is 60.2 Å². The molecule has 0 aliphatic carbocycles. The van der Waals surface area contributed by atoms with Gasteiger partial charge >= 0.3 is 0 Å². The Hall–Kier alpha value is -2.48. The molecule has 0 spiro atoms. The minimum absolute atomic E-state index is 1.21. The van der Waals surface area contributed by atoms with Crippen LogP contribution in [-0.4, -0.2) is 9.97 Å². The molecule has 0 aliphatic heterocycles. The zero-order valence-corrected chi connectivity index (χ0v) is 11.8. The van der Waals surface area contributed by atoms with Crippen LogP contribution < -0.4 is 0 Å². The molecule has 100 valence electrons. The Labute approximate surface area is 118 Å². The molecule has 0 radical (unpaired) electrons. The molecule has 2 nitrogen and oxygen atoms in total. The Morgan fingerprint density at radius 2 is 1.30 bits per heavy atom. The average Bonchev–Trinajstić information content (AvgIpc) is 3.08. The zero-order valence-electron chi connectivity index (χ0n) is 11.8. The Bertz CT molecular complexity index is 771. The molecule has 0 amide bonds. The molecule has 2 heterocycles. The quantitative estimate of drug-likeness (QED) is 0.449. The lowest BCUT2D eigenvalue weighted by molar-refractivity contribution is 1.35. The molecule has 2 heteroatoms. The first kappa shape index (κ1) is 12.5. The lowest BCUT2D eigenvalue weighted by Crippen LogP contribution is -1.79. The van der Waals surface area contributed by atoms with Crippen molar-refractivity contribution in [3.63, 3.8) is 0 Å². The Kier molecular flexibility index (Phi) is 3.30. The zero-order chi connectivity index (χ0) is 13.9. The number of nitrogens with one attached hydrogen (secondary N) is 2. The van der Waals surface area contributed by atoms with Gasteiger partial charge in [-0.2, -0.15) is 0 Å². The number of rotatable bonds is 0. The molecule has 2 N–H and O–H groups in total. The summed E-state index contributed by atoms with van der Waals surface area (Å²) in [6.07, 6.45) is 3.92. The number of hydrogen-bond donors (Lipinski definition) is 2. The van der Waals surface area contributed by atoms with E-state index in [1.165, 1.54) is 32.9 Å². The van der Waals surface area contributed by atoms with Gasteiger partial charge in [-0.05, 0) is 66.1 Å². The summed E-state index contributed by atoms with van der Waals surface area (Å²) in [5.41, 5.74) is 5.14. The third-order valence-electron chi connectivity index (χ3n) is 3.63. The molecule has 0 bridgehead atoms. The largest absolute Gasteiger partial charge is 0.361 e. The summed E-state index contributed by atoms with van der Waals surface area (Å²) in [7, 11) is 0. The SMILES string of the molecule is Cc1cc2cc[nH]c2cc1C.c1ccc2[nH]ccc2c1. The van der Waals surface area contributed by atoms with E-state index >= 15 is 0 Å². The highest BCUT2D eigenvalue weighted by atomic mass is 14.7. The minimum Gasteiger partial charge on any atom is -0.361 e. The van der Waals surface area contributed by atoms with Gasteiger partial charge in [0, 0.05) is 23.4 Å². The minimum atomic E-state index is 1.21. The van der Waals surface area contributed by atoms with Gasteiger partial charge < -0.3 is 9.97 Å². The van der Waals surface area contributed by atoms with Crippen LogP contribution in [0.2, 0.25) is 0 Å². The summed E-state index contributed by atoms with van der Waals surface area (Å²) in [6.45, 7) is 4.28. The normalized spacial score (nSPS) is 10.5. The van der Waals surface area contributed by atoms with Gasteiger partial charge in [-0.3, -0.25) is 0 Å². The fourth-order valence-corrected chi connectivity index (χ4v) is 2.32. The second kappa shape index (κ2) is 5.25. The van der Waals surface area contributed by atoms with E-state index in [1.807, 2.05) is 24.5 Å². The van der Waals surface area contributed by atoms with Gasteiger partial charge in [-0.1, -0.05) is 18.2 Å². The highest BCUT2D eigenvalue weighted by Gasteiger charge is 1.96. The summed E-state index contributed by atoms with van der Waals surface area (Å²) in [5, 5.41) is 2.57. The van der Waals surface area contributed by atoms with Crippen molar-refractivity contribution in [1.82, 2.24) is 9.97 Å². The Morgan fingerprint density at radius 1 is 0.650 bits per heavy atom. The maximum atomic E-state index is 3.19. The Balaban J connectivity index is 0.000000123. The summed E-state index contributed by atoms with van der Waals surface area (Å²) >= 11 is 0. The van der Waals surface area contributed by atoms with Gasteiger partial charge in [-0.25, -0.2) is 0 Å². The monoisotopic (exact) mass is 262 g/mol. The van der Waals surface area contributed by atoms with E-state index in [9.17, 15) is 0 Å². The summed E-state index contributed by atoms with van der Waals surface area (Å²) in [5.74, 6) is 0. The molecule has 2 aromatic heterocycles. The molecule has 4 rings (SSSR count). The van der Waals surface area contributed by atoms with E-state index in [4.69, 9.17) is 0 Å². The molecule has 0 atom stereocenters. The number of aromatic nitrogens is 2. The lowest BCUT2D eigenvalue weighted by Gasteiger charge is -1.98. The predicted octanol–water partition coefficient (Wildman–Crippen LogP) is 4.95. The van der Waals surface area contributed by atoms with Crippen molar-refractivity contribution in [2.75, 3.05) is 0 Å². The van der Waals surface area contributed by atoms with Crippen molar-refractivity contribution in [2.45, 2.75) is 13.8 Å². The van der Waals surface area contributed by atoms with Crippen molar-refractivity contribution in [2.24, 2.45) is 0 Å². The Morgan fingerprint density at radius 3 is 2.10 bits per heavy atom. The smallest absolute Gasteiger partial charge is 0.0456 e. The number of aromatic amines is 2. The van der Waals surface area contributed by atoms with Crippen molar-refractivity contribution in [3.8, 4) is 0 Å². The second-order valence-corrected chi connectivity index (χ2v) is 5.07. The van der Waals surface area contributed by atoms with Gasteiger partial charge in [0.05, 0.1) is 0 Å². The topological polar surface area (TPSA) is 31.6 Å².